The second-order valence-corrected chi connectivity index (χ2v) is 5.57. The maximum Gasteiger partial charge on any atom is 0.271 e. The van der Waals surface area contributed by atoms with Gasteiger partial charge >= 0.3 is 0 Å². The van der Waals surface area contributed by atoms with E-state index in [0.717, 1.165) is 10.8 Å². The van der Waals surface area contributed by atoms with E-state index in [-0.39, 0.29) is 11.6 Å². The number of nitro benzene ring substituents is 1. The molecular formula is C19H16N2O4. The molecule has 3 aromatic rings. The van der Waals surface area contributed by atoms with Gasteiger partial charge in [-0.1, -0.05) is 36.4 Å². The smallest absolute Gasteiger partial charge is 0.271 e. The summed E-state index contributed by atoms with van der Waals surface area (Å²) in [4.78, 5) is 22.5. The number of amides is 1. The average molecular weight is 336 g/mol. The predicted molar refractivity (Wildman–Crippen MR) is 95.8 cm³/mol. The van der Waals surface area contributed by atoms with Crippen molar-refractivity contribution >= 4 is 28.1 Å². The number of nitrogens with one attached hydrogen (secondary N) is 1. The van der Waals surface area contributed by atoms with Gasteiger partial charge in [-0.25, -0.2) is 0 Å². The molecule has 0 aromatic heterocycles. The highest BCUT2D eigenvalue weighted by atomic mass is 16.6. The fraction of sp³-hybridized carbons (Fsp3) is 0.105. The van der Waals surface area contributed by atoms with Crippen molar-refractivity contribution in [3.05, 3.63) is 76.8 Å². The van der Waals surface area contributed by atoms with Crippen LogP contribution >= 0.6 is 0 Å². The molecule has 126 valence electrons. The summed E-state index contributed by atoms with van der Waals surface area (Å²) in [6.07, 6.45) is -0.750. The number of benzene rings is 3. The SMILES string of the molecule is C[C@H](Oc1ccc2ccccc2c1)C(=O)Nc1cccc([N+](=O)[O-])c1. The maximum atomic E-state index is 12.3. The van der Waals surface area contributed by atoms with Gasteiger partial charge in [-0.15, -0.1) is 0 Å². The van der Waals surface area contributed by atoms with Gasteiger partial charge in [0.15, 0.2) is 6.10 Å². The molecule has 25 heavy (non-hydrogen) atoms. The normalized spacial score (nSPS) is 11.7. The highest BCUT2D eigenvalue weighted by Crippen LogP contribution is 2.22. The van der Waals surface area contributed by atoms with Gasteiger partial charge in [-0.05, 0) is 35.9 Å². The van der Waals surface area contributed by atoms with Gasteiger partial charge < -0.3 is 10.1 Å². The average Bonchev–Trinajstić information content (AvgIpc) is 2.61. The summed E-state index contributed by atoms with van der Waals surface area (Å²) >= 11 is 0. The molecule has 6 heteroatoms. The molecule has 0 aliphatic rings. The lowest BCUT2D eigenvalue weighted by Gasteiger charge is -2.15. The molecule has 1 atom stereocenters. The van der Waals surface area contributed by atoms with Crippen LogP contribution in [-0.2, 0) is 4.79 Å². The van der Waals surface area contributed by atoms with Crippen LogP contribution in [0.15, 0.2) is 66.7 Å². The Bertz CT molecular complexity index is 939. The molecule has 0 aliphatic heterocycles. The lowest BCUT2D eigenvalue weighted by Crippen LogP contribution is -2.30. The number of hydrogen-bond donors (Lipinski definition) is 1. The van der Waals surface area contributed by atoms with Gasteiger partial charge in [0, 0.05) is 17.8 Å². The number of rotatable bonds is 5. The van der Waals surface area contributed by atoms with Crippen molar-refractivity contribution in [1.29, 1.82) is 0 Å². The fourth-order valence-electron chi connectivity index (χ4n) is 2.44. The molecule has 6 nitrogen and oxygen atoms in total. The zero-order valence-electron chi connectivity index (χ0n) is 13.5. The number of carbonyl (C=O) groups is 1. The largest absolute Gasteiger partial charge is 0.481 e. The van der Waals surface area contributed by atoms with E-state index >= 15 is 0 Å². The van der Waals surface area contributed by atoms with Crippen molar-refractivity contribution in [2.24, 2.45) is 0 Å². The first-order chi connectivity index (χ1) is 12.0. The predicted octanol–water partition coefficient (Wildman–Crippen LogP) is 4.15. The fourth-order valence-corrected chi connectivity index (χ4v) is 2.44. The summed E-state index contributed by atoms with van der Waals surface area (Å²) in [5.41, 5.74) is 0.272. The molecule has 0 heterocycles. The molecular weight excluding hydrogens is 320 g/mol. The third kappa shape index (κ3) is 3.92. The van der Waals surface area contributed by atoms with Crippen molar-refractivity contribution in [3.8, 4) is 5.75 Å². The van der Waals surface area contributed by atoms with Crippen LogP contribution in [0.5, 0.6) is 5.75 Å². The number of nitrogens with zero attached hydrogens (tertiary/aromatic N) is 1. The van der Waals surface area contributed by atoms with Crippen molar-refractivity contribution in [1.82, 2.24) is 0 Å². The zero-order valence-corrected chi connectivity index (χ0v) is 13.5. The number of non-ortho nitro benzene ring substituents is 1. The van der Waals surface area contributed by atoms with Crippen LogP contribution in [0.1, 0.15) is 6.92 Å². The van der Waals surface area contributed by atoms with Crippen molar-refractivity contribution < 1.29 is 14.5 Å². The monoisotopic (exact) mass is 336 g/mol. The summed E-state index contributed by atoms with van der Waals surface area (Å²) in [6, 6.07) is 19.2. The van der Waals surface area contributed by atoms with Crippen LogP contribution in [0.3, 0.4) is 0 Å². The number of nitro groups is 1. The van der Waals surface area contributed by atoms with Crippen LogP contribution in [0.2, 0.25) is 0 Å². The molecule has 0 bridgehead atoms. The number of anilines is 1. The first-order valence-corrected chi connectivity index (χ1v) is 7.74. The Morgan fingerprint density at radius 2 is 1.80 bits per heavy atom. The zero-order chi connectivity index (χ0) is 17.8. The standard InChI is InChI=1S/C19H16N2O4/c1-13(19(22)20-16-7-4-8-17(12-16)21(23)24)25-18-10-9-14-5-2-3-6-15(14)11-18/h2-13H,1H3,(H,20,22)/t13-/m0/s1. The summed E-state index contributed by atoms with van der Waals surface area (Å²) in [5.74, 6) is 0.203. The Labute approximate surface area is 144 Å². The molecule has 1 amide bonds. The summed E-state index contributed by atoms with van der Waals surface area (Å²) in [5, 5.41) is 15.5. The van der Waals surface area contributed by atoms with Gasteiger partial charge in [-0.2, -0.15) is 0 Å². The van der Waals surface area contributed by atoms with E-state index < -0.39 is 11.0 Å². The number of ether oxygens (including phenoxy) is 1. The highest BCUT2D eigenvalue weighted by molar-refractivity contribution is 5.94. The molecule has 0 spiro atoms. The van der Waals surface area contributed by atoms with Crippen LogP contribution in [0, 0.1) is 10.1 Å². The topological polar surface area (TPSA) is 81.5 Å². The van der Waals surface area contributed by atoms with E-state index in [0.29, 0.717) is 11.4 Å². The summed E-state index contributed by atoms with van der Waals surface area (Å²) in [6.45, 7) is 1.63. The second-order valence-electron chi connectivity index (χ2n) is 5.57. The van der Waals surface area contributed by atoms with Gasteiger partial charge in [-0.3, -0.25) is 14.9 Å². The van der Waals surface area contributed by atoms with Crippen LogP contribution < -0.4 is 10.1 Å². The second kappa shape index (κ2) is 7.00. The van der Waals surface area contributed by atoms with E-state index in [2.05, 4.69) is 5.32 Å². The number of fused-ring (bicyclic) bond motifs is 1. The Kier molecular flexibility index (Phi) is 4.61. The van der Waals surface area contributed by atoms with E-state index in [4.69, 9.17) is 4.74 Å². The maximum absolute atomic E-state index is 12.3. The van der Waals surface area contributed by atoms with Gasteiger partial charge in [0.2, 0.25) is 0 Å². The van der Waals surface area contributed by atoms with E-state index in [9.17, 15) is 14.9 Å². The van der Waals surface area contributed by atoms with Crippen molar-refractivity contribution in [2.75, 3.05) is 5.32 Å². The van der Waals surface area contributed by atoms with Crippen LogP contribution in [0.4, 0.5) is 11.4 Å². The molecule has 0 saturated heterocycles. The minimum Gasteiger partial charge on any atom is -0.481 e. The lowest BCUT2D eigenvalue weighted by atomic mass is 10.1. The first-order valence-electron chi connectivity index (χ1n) is 7.74. The molecule has 0 aliphatic carbocycles. The minimum atomic E-state index is -0.750. The first kappa shape index (κ1) is 16.4. The van der Waals surface area contributed by atoms with Crippen molar-refractivity contribution in [3.63, 3.8) is 0 Å². The Morgan fingerprint density at radius 3 is 2.56 bits per heavy atom. The van der Waals surface area contributed by atoms with Crippen LogP contribution in [-0.4, -0.2) is 16.9 Å². The van der Waals surface area contributed by atoms with Gasteiger partial charge in [0.05, 0.1) is 4.92 Å². The van der Waals surface area contributed by atoms with Crippen molar-refractivity contribution in [2.45, 2.75) is 13.0 Å². The Balaban J connectivity index is 1.69. The van der Waals surface area contributed by atoms with Gasteiger partial charge in [0.25, 0.3) is 11.6 Å². The number of hydrogen-bond acceptors (Lipinski definition) is 4. The molecule has 0 fully saturated rings. The third-order valence-corrected chi connectivity index (χ3v) is 3.73. The summed E-state index contributed by atoms with van der Waals surface area (Å²) < 4.78 is 5.69. The number of carbonyl (C=O) groups excluding carboxylic acids is 1. The quantitative estimate of drug-likeness (QED) is 0.560. The van der Waals surface area contributed by atoms with E-state index in [1.165, 1.54) is 18.2 Å². The Morgan fingerprint density at radius 1 is 1.04 bits per heavy atom. The molecule has 0 unspecified atom stereocenters. The third-order valence-electron chi connectivity index (χ3n) is 3.73. The van der Waals surface area contributed by atoms with Gasteiger partial charge in [0.1, 0.15) is 5.75 Å². The molecule has 0 radical (unpaired) electrons. The van der Waals surface area contributed by atoms with E-state index in [1.54, 1.807) is 19.1 Å². The Hall–Kier alpha value is -3.41. The molecule has 3 rings (SSSR count). The molecule has 0 saturated carbocycles. The van der Waals surface area contributed by atoms with Crippen LogP contribution in [0.25, 0.3) is 10.8 Å². The lowest BCUT2D eigenvalue weighted by molar-refractivity contribution is -0.384. The molecule has 3 aromatic carbocycles. The molecule has 1 N–H and O–H groups in total. The summed E-state index contributed by atoms with van der Waals surface area (Å²) in [7, 11) is 0. The highest BCUT2D eigenvalue weighted by Gasteiger charge is 2.16. The van der Waals surface area contributed by atoms with E-state index in [1.807, 2.05) is 36.4 Å². The minimum absolute atomic E-state index is 0.0825.